The Balaban J connectivity index is 1.51. The highest BCUT2D eigenvalue weighted by molar-refractivity contribution is 5.89. The van der Waals surface area contributed by atoms with E-state index in [4.69, 9.17) is 0 Å². The molecule has 1 unspecified atom stereocenters. The fourth-order valence-electron chi connectivity index (χ4n) is 3.71. The van der Waals surface area contributed by atoms with Gasteiger partial charge in [0.15, 0.2) is 0 Å². The van der Waals surface area contributed by atoms with Crippen LogP contribution in [0.25, 0.3) is 0 Å². The zero-order valence-electron chi connectivity index (χ0n) is 18.4. The third kappa shape index (κ3) is 6.80. The molecule has 32 heavy (non-hydrogen) atoms. The molecule has 1 heterocycles. The summed E-state index contributed by atoms with van der Waals surface area (Å²) in [6.07, 6.45) is 1.60. The molecule has 0 aliphatic carbocycles. The van der Waals surface area contributed by atoms with E-state index in [0.29, 0.717) is 38.0 Å². The Bertz CT molecular complexity index is 956. The molecule has 1 aliphatic rings. The second-order valence-corrected chi connectivity index (χ2v) is 8.15. The molecular weight excluding hydrogens is 411 g/mol. The van der Waals surface area contributed by atoms with E-state index >= 15 is 0 Å². The van der Waals surface area contributed by atoms with E-state index in [1.807, 2.05) is 31.2 Å². The molecule has 1 aliphatic heterocycles. The van der Waals surface area contributed by atoms with Crippen molar-refractivity contribution in [3.05, 3.63) is 65.5 Å². The first-order chi connectivity index (χ1) is 15.3. The number of carbonyl (C=O) groups is 3. The van der Waals surface area contributed by atoms with E-state index in [1.165, 1.54) is 25.1 Å². The number of benzene rings is 2. The summed E-state index contributed by atoms with van der Waals surface area (Å²) in [5.41, 5.74) is 2.50. The number of hydrogen-bond donors (Lipinski definition) is 3. The van der Waals surface area contributed by atoms with Gasteiger partial charge in [0.1, 0.15) is 11.9 Å². The Morgan fingerprint density at radius 1 is 1.09 bits per heavy atom. The van der Waals surface area contributed by atoms with E-state index in [1.54, 1.807) is 11.0 Å². The van der Waals surface area contributed by atoms with Crippen LogP contribution in [0.4, 0.5) is 14.9 Å². The van der Waals surface area contributed by atoms with Gasteiger partial charge < -0.3 is 20.9 Å². The first-order valence-electron chi connectivity index (χ1n) is 10.7. The van der Waals surface area contributed by atoms with Crippen LogP contribution in [0.1, 0.15) is 30.9 Å². The first-order valence-corrected chi connectivity index (χ1v) is 10.7. The molecule has 1 atom stereocenters. The lowest BCUT2D eigenvalue weighted by molar-refractivity contribution is -0.128. The zero-order chi connectivity index (χ0) is 23.1. The summed E-state index contributed by atoms with van der Waals surface area (Å²) in [5.74, 6) is -0.909. The van der Waals surface area contributed by atoms with Gasteiger partial charge in [0.25, 0.3) is 0 Å². The highest BCUT2D eigenvalue weighted by Crippen LogP contribution is 2.15. The van der Waals surface area contributed by atoms with Crippen LogP contribution < -0.4 is 16.0 Å². The van der Waals surface area contributed by atoms with E-state index in [9.17, 15) is 18.8 Å². The van der Waals surface area contributed by atoms with Crippen LogP contribution in [-0.2, 0) is 16.0 Å². The molecule has 0 spiro atoms. The van der Waals surface area contributed by atoms with E-state index < -0.39 is 11.9 Å². The van der Waals surface area contributed by atoms with Gasteiger partial charge in [0, 0.05) is 38.2 Å². The summed E-state index contributed by atoms with van der Waals surface area (Å²) in [5, 5.41) is 8.44. The van der Waals surface area contributed by atoms with Crippen molar-refractivity contribution in [2.45, 2.75) is 45.2 Å². The van der Waals surface area contributed by atoms with Crippen LogP contribution in [0, 0.1) is 12.7 Å². The van der Waals surface area contributed by atoms with Gasteiger partial charge in [-0.3, -0.25) is 9.59 Å². The van der Waals surface area contributed by atoms with Gasteiger partial charge in [-0.05, 0) is 43.5 Å². The summed E-state index contributed by atoms with van der Waals surface area (Å²) >= 11 is 0. The fourth-order valence-corrected chi connectivity index (χ4v) is 3.71. The zero-order valence-corrected chi connectivity index (χ0v) is 18.4. The number of halogens is 1. The average Bonchev–Trinajstić information content (AvgIpc) is 2.75. The molecule has 0 bridgehead atoms. The fraction of sp³-hybridized carbons (Fsp3) is 0.375. The standard InChI is InChI=1S/C24H29FN4O3/c1-16-6-8-18(9-7-16)14-22(26-17(2)30)23(31)27-20-10-12-29(13-11-20)24(32)28-21-5-3-4-19(25)15-21/h3-9,15,20,22H,10-14H2,1-2H3,(H,26,30)(H,27,31)(H,28,32). The highest BCUT2D eigenvalue weighted by Gasteiger charge is 2.27. The minimum absolute atomic E-state index is 0.0880. The van der Waals surface area contributed by atoms with Gasteiger partial charge >= 0.3 is 6.03 Å². The molecular formula is C24H29FN4O3. The van der Waals surface area contributed by atoms with Crippen LogP contribution in [0.15, 0.2) is 48.5 Å². The highest BCUT2D eigenvalue weighted by atomic mass is 19.1. The molecule has 170 valence electrons. The van der Waals surface area contributed by atoms with Gasteiger partial charge in [-0.25, -0.2) is 9.18 Å². The molecule has 8 heteroatoms. The van der Waals surface area contributed by atoms with Crippen molar-refractivity contribution in [2.75, 3.05) is 18.4 Å². The summed E-state index contributed by atoms with van der Waals surface area (Å²) < 4.78 is 13.3. The molecule has 0 radical (unpaired) electrons. The lowest BCUT2D eigenvalue weighted by Gasteiger charge is -2.33. The number of carbonyl (C=O) groups excluding carboxylic acids is 3. The minimum atomic E-state index is -0.662. The molecule has 0 aromatic heterocycles. The molecule has 2 aromatic carbocycles. The van der Waals surface area contributed by atoms with Crippen LogP contribution in [0.2, 0.25) is 0 Å². The van der Waals surface area contributed by atoms with Crippen LogP contribution in [0.3, 0.4) is 0 Å². The average molecular weight is 441 g/mol. The first kappa shape index (κ1) is 23.2. The minimum Gasteiger partial charge on any atom is -0.351 e. The number of nitrogens with one attached hydrogen (secondary N) is 3. The van der Waals surface area contributed by atoms with Gasteiger partial charge in [0.2, 0.25) is 11.8 Å². The molecule has 4 amide bonds. The van der Waals surface area contributed by atoms with E-state index in [-0.39, 0.29) is 23.9 Å². The number of anilines is 1. The number of aryl methyl sites for hydroxylation is 1. The summed E-state index contributed by atoms with van der Waals surface area (Å²) in [6, 6.07) is 12.6. The monoisotopic (exact) mass is 440 g/mol. The Labute approximate surface area is 187 Å². The maximum atomic E-state index is 13.3. The molecule has 1 saturated heterocycles. The number of urea groups is 1. The Kier molecular flexibility index (Phi) is 7.81. The predicted molar refractivity (Wildman–Crippen MR) is 121 cm³/mol. The maximum Gasteiger partial charge on any atom is 0.321 e. The topological polar surface area (TPSA) is 90.5 Å². The number of amides is 4. The Hall–Kier alpha value is -3.42. The van der Waals surface area contributed by atoms with Crippen LogP contribution in [0.5, 0.6) is 0 Å². The predicted octanol–water partition coefficient (Wildman–Crippen LogP) is 2.99. The third-order valence-corrected chi connectivity index (χ3v) is 5.46. The van der Waals surface area contributed by atoms with Crippen LogP contribution >= 0.6 is 0 Å². The Morgan fingerprint density at radius 2 is 1.78 bits per heavy atom. The maximum absolute atomic E-state index is 13.3. The largest absolute Gasteiger partial charge is 0.351 e. The molecule has 3 N–H and O–H groups in total. The number of nitrogens with zero attached hydrogens (tertiary/aromatic N) is 1. The van der Waals surface area contributed by atoms with Crippen molar-refractivity contribution in [1.29, 1.82) is 0 Å². The lowest BCUT2D eigenvalue weighted by atomic mass is 10.0. The SMILES string of the molecule is CC(=O)NC(Cc1ccc(C)cc1)C(=O)NC1CCN(C(=O)Nc2cccc(F)c2)CC1. The van der Waals surface area contributed by atoms with Crippen molar-refractivity contribution in [2.24, 2.45) is 0 Å². The number of hydrogen-bond acceptors (Lipinski definition) is 3. The summed E-state index contributed by atoms with van der Waals surface area (Å²) in [4.78, 5) is 38.5. The van der Waals surface area contributed by atoms with Crippen molar-refractivity contribution >= 4 is 23.5 Å². The van der Waals surface area contributed by atoms with E-state index in [2.05, 4.69) is 16.0 Å². The van der Waals surface area contributed by atoms with Gasteiger partial charge in [0.05, 0.1) is 0 Å². The van der Waals surface area contributed by atoms with E-state index in [0.717, 1.165) is 11.1 Å². The van der Waals surface area contributed by atoms with Gasteiger partial charge in [-0.1, -0.05) is 35.9 Å². The van der Waals surface area contributed by atoms with Gasteiger partial charge in [-0.2, -0.15) is 0 Å². The van der Waals surface area contributed by atoms with Crippen molar-refractivity contribution in [3.8, 4) is 0 Å². The Morgan fingerprint density at radius 3 is 2.41 bits per heavy atom. The lowest BCUT2D eigenvalue weighted by Crippen LogP contribution is -2.53. The molecule has 0 saturated carbocycles. The summed E-state index contributed by atoms with van der Waals surface area (Å²) in [6.45, 7) is 4.32. The number of rotatable bonds is 6. The smallest absolute Gasteiger partial charge is 0.321 e. The quantitative estimate of drug-likeness (QED) is 0.645. The normalized spacial score (nSPS) is 15.0. The molecule has 7 nitrogen and oxygen atoms in total. The third-order valence-electron chi connectivity index (χ3n) is 5.46. The number of likely N-dealkylation sites (tertiary alicyclic amines) is 1. The second kappa shape index (κ2) is 10.7. The van der Waals surface area contributed by atoms with Crippen LogP contribution in [-0.4, -0.2) is 47.9 Å². The summed E-state index contributed by atoms with van der Waals surface area (Å²) in [7, 11) is 0. The van der Waals surface area contributed by atoms with Gasteiger partial charge in [-0.15, -0.1) is 0 Å². The van der Waals surface area contributed by atoms with Crippen molar-refractivity contribution < 1.29 is 18.8 Å². The van der Waals surface area contributed by atoms with Crippen molar-refractivity contribution in [3.63, 3.8) is 0 Å². The second-order valence-electron chi connectivity index (χ2n) is 8.15. The number of piperidine rings is 1. The van der Waals surface area contributed by atoms with Crippen molar-refractivity contribution in [1.82, 2.24) is 15.5 Å². The molecule has 1 fully saturated rings. The molecule has 3 rings (SSSR count). The molecule has 2 aromatic rings.